The second-order valence-electron chi connectivity index (χ2n) is 7.18. The number of aromatic hydroxyl groups is 1. The van der Waals surface area contributed by atoms with E-state index in [2.05, 4.69) is 5.32 Å². The zero-order valence-electron chi connectivity index (χ0n) is 19.5. The quantitative estimate of drug-likeness (QED) is 0.437. The Bertz CT molecular complexity index is 1090. The first-order valence-electron chi connectivity index (χ1n) is 10.4. The van der Waals surface area contributed by atoms with Crippen molar-refractivity contribution >= 4 is 17.4 Å². The zero-order valence-corrected chi connectivity index (χ0v) is 19.5. The summed E-state index contributed by atoms with van der Waals surface area (Å²) >= 11 is 0. The minimum Gasteiger partial charge on any atom is -0.506 e. The summed E-state index contributed by atoms with van der Waals surface area (Å²) in [4.78, 5) is 13.2. The van der Waals surface area contributed by atoms with Gasteiger partial charge in [-0.15, -0.1) is 0 Å². The van der Waals surface area contributed by atoms with E-state index in [9.17, 15) is 9.90 Å². The van der Waals surface area contributed by atoms with Gasteiger partial charge in [-0.2, -0.15) is 0 Å². The molecule has 0 bridgehead atoms. The lowest BCUT2D eigenvalue weighted by molar-refractivity contribution is 0.104. The maximum atomic E-state index is 13.2. The zero-order chi connectivity index (χ0) is 24.0. The molecule has 3 rings (SSSR count). The summed E-state index contributed by atoms with van der Waals surface area (Å²) in [6.07, 6.45) is 5.62. The highest BCUT2D eigenvalue weighted by atomic mass is 16.5. The van der Waals surface area contributed by atoms with Gasteiger partial charge >= 0.3 is 0 Å². The lowest BCUT2D eigenvalue weighted by atomic mass is 9.93. The van der Waals surface area contributed by atoms with Crippen LogP contribution in [0.2, 0.25) is 0 Å². The fourth-order valence-corrected chi connectivity index (χ4v) is 3.85. The van der Waals surface area contributed by atoms with Gasteiger partial charge in [-0.3, -0.25) is 4.79 Å². The molecule has 8 nitrogen and oxygen atoms in total. The molecule has 0 fully saturated rings. The van der Waals surface area contributed by atoms with Crippen molar-refractivity contribution in [2.24, 2.45) is 0 Å². The molecule has 8 heteroatoms. The van der Waals surface area contributed by atoms with Crippen molar-refractivity contribution in [2.45, 2.75) is 6.42 Å². The molecule has 0 unspecified atom stereocenters. The number of ether oxygens (including phenoxy) is 5. The molecule has 1 aliphatic heterocycles. The van der Waals surface area contributed by atoms with Crippen molar-refractivity contribution in [1.82, 2.24) is 5.32 Å². The lowest BCUT2D eigenvalue weighted by Crippen LogP contribution is -2.20. The predicted octanol–water partition coefficient (Wildman–Crippen LogP) is 3.71. The summed E-state index contributed by atoms with van der Waals surface area (Å²) in [7, 11) is 7.51. The van der Waals surface area contributed by atoms with E-state index in [4.69, 9.17) is 23.7 Å². The highest BCUT2D eigenvalue weighted by molar-refractivity contribution is 6.12. The largest absolute Gasteiger partial charge is 0.506 e. The third-order valence-electron chi connectivity index (χ3n) is 5.45. The van der Waals surface area contributed by atoms with Crippen LogP contribution >= 0.6 is 0 Å². The predicted molar refractivity (Wildman–Crippen MR) is 126 cm³/mol. The Labute approximate surface area is 193 Å². The van der Waals surface area contributed by atoms with Crippen LogP contribution in [-0.4, -0.2) is 59.5 Å². The summed E-state index contributed by atoms with van der Waals surface area (Å²) in [5.41, 5.74) is 2.07. The SMILES string of the molecule is COc1ccc(/C=C/C(=O)c2c(OC)cc(OC)c(C3=CCNCC3)c2O)c(OC)c1OC. The molecular weight excluding hydrogens is 426 g/mol. The molecule has 1 aliphatic rings. The maximum Gasteiger partial charge on any atom is 0.203 e. The summed E-state index contributed by atoms with van der Waals surface area (Å²) in [5.74, 6) is 1.41. The minimum atomic E-state index is -0.431. The monoisotopic (exact) mass is 455 g/mol. The van der Waals surface area contributed by atoms with Crippen LogP contribution in [0, 0.1) is 0 Å². The number of carbonyl (C=O) groups is 1. The van der Waals surface area contributed by atoms with Crippen LogP contribution in [0.25, 0.3) is 11.6 Å². The van der Waals surface area contributed by atoms with E-state index in [0.717, 1.165) is 12.1 Å². The van der Waals surface area contributed by atoms with Gasteiger partial charge < -0.3 is 34.1 Å². The average Bonchev–Trinajstić information content (AvgIpc) is 2.86. The van der Waals surface area contributed by atoms with Crippen LogP contribution in [-0.2, 0) is 0 Å². The van der Waals surface area contributed by atoms with Crippen molar-refractivity contribution in [1.29, 1.82) is 0 Å². The van der Waals surface area contributed by atoms with E-state index in [1.54, 1.807) is 24.3 Å². The number of carbonyl (C=O) groups excluding carboxylic acids is 1. The Morgan fingerprint density at radius 2 is 1.64 bits per heavy atom. The first kappa shape index (κ1) is 24.0. The third kappa shape index (κ3) is 4.75. The summed E-state index contributed by atoms with van der Waals surface area (Å²) in [6, 6.07) is 5.09. The van der Waals surface area contributed by atoms with Crippen molar-refractivity contribution in [3.63, 3.8) is 0 Å². The van der Waals surface area contributed by atoms with Crippen LogP contribution in [0.4, 0.5) is 0 Å². The number of hydrogen-bond acceptors (Lipinski definition) is 8. The van der Waals surface area contributed by atoms with Gasteiger partial charge in [0.05, 0.1) is 41.1 Å². The fourth-order valence-electron chi connectivity index (χ4n) is 3.85. The van der Waals surface area contributed by atoms with Gasteiger partial charge in [-0.1, -0.05) is 6.08 Å². The number of allylic oxidation sites excluding steroid dienone is 1. The molecule has 33 heavy (non-hydrogen) atoms. The van der Waals surface area contributed by atoms with Gasteiger partial charge in [0.2, 0.25) is 5.75 Å². The van der Waals surface area contributed by atoms with Crippen LogP contribution < -0.4 is 29.0 Å². The number of rotatable bonds is 9. The van der Waals surface area contributed by atoms with E-state index in [1.165, 1.54) is 41.6 Å². The number of phenolic OH excluding ortho intramolecular Hbond substituents is 1. The van der Waals surface area contributed by atoms with E-state index < -0.39 is 5.78 Å². The molecule has 0 saturated heterocycles. The Kier molecular flexibility index (Phi) is 7.84. The van der Waals surface area contributed by atoms with E-state index in [-0.39, 0.29) is 17.1 Å². The highest BCUT2D eigenvalue weighted by Gasteiger charge is 2.25. The standard InChI is InChI=1S/C25H29NO7/c1-29-18-9-7-16(24(32-4)25(18)33-5)6-8-17(27)22-20(31-3)14-19(30-2)21(23(22)28)15-10-12-26-13-11-15/h6-10,14,26,28H,11-13H2,1-5H3/b8-6+. The van der Waals surface area contributed by atoms with Crippen molar-refractivity contribution in [2.75, 3.05) is 48.6 Å². The number of phenols is 1. The van der Waals surface area contributed by atoms with E-state index in [1.807, 2.05) is 6.08 Å². The maximum absolute atomic E-state index is 13.2. The van der Waals surface area contributed by atoms with Crippen LogP contribution in [0.5, 0.6) is 34.5 Å². The number of hydrogen-bond donors (Lipinski definition) is 2. The summed E-state index contributed by atoms with van der Waals surface area (Å²) < 4.78 is 27.1. The fraction of sp³-hybridized carbons (Fsp3) is 0.320. The van der Waals surface area contributed by atoms with Crippen LogP contribution in [0.1, 0.15) is 27.9 Å². The Morgan fingerprint density at radius 1 is 0.939 bits per heavy atom. The first-order valence-corrected chi connectivity index (χ1v) is 10.4. The lowest BCUT2D eigenvalue weighted by Gasteiger charge is -2.20. The molecule has 0 aromatic heterocycles. The molecule has 0 saturated carbocycles. The second-order valence-corrected chi connectivity index (χ2v) is 7.18. The number of methoxy groups -OCH3 is 5. The molecule has 2 N–H and O–H groups in total. The molecule has 0 spiro atoms. The molecule has 0 aliphatic carbocycles. The van der Waals surface area contributed by atoms with Crippen molar-refractivity contribution in [3.05, 3.63) is 47.0 Å². The molecule has 1 heterocycles. The number of nitrogens with one attached hydrogen (secondary N) is 1. The Hall–Kier alpha value is -3.65. The Balaban J connectivity index is 2.07. The average molecular weight is 456 g/mol. The van der Waals surface area contributed by atoms with Crippen molar-refractivity contribution < 1.29 is 33.6 Å². The summed E-state index contributed by atoms with van der Waals surface area (Å²) in [5, 5.41) is 14.4. The topological polar surface area (TPSA) is 95.5 Å². The minimum absolute atomic E-state index is 0.0587. The number of ketones is 1. The molecule has 2 aromatic carbocycles. The van der Waals surface area contributed by atoms with Gasteiger partial charge in [0.25, 0.3) is 0 Å². The van der Waals surface area contributed by atoms with Gasteiger partial charge in [0.1, 0.15) is 22.8 Å². The normalized spacial score (nSPS) is 13.4. The van der Waals surface area contributed by atoms with Gasteiger partial charge in [0.15, 0.2) is 17.3 Å². The molecule has 0 atom stereocenters. The molecule has 0 amide bonds. The van der Waals surface area contributed by atoms with E-state index in [0.29, 0.717) is 47.1 Å². The van der Waals surface area contributed by atoms with E-state index >= 15 is 0 Å². The molecule has 0 radical (unpaired) electrons. The Morgan fingerprint density at radius 3 is 2.21 bits per heavy atom. The van der Waals surface area contributed by atoms with Gasteiger partial charge in [0, 0.05) is 18.2 Å². The highest BCUT2D eigenvalue weighted by Crippen LogP contribution is 2.44. The smallest absolute Gasteiger partial charge is 0.203 e. The molecular formula is C25H29NO7. The molecule has 2 aromatic rings. The first-order chi connectivity index (χ1) is 16.0. The van der Waals surface area contributed by atoms with Gasteiger partial charge in [-0.05, 0) is 42.8 Å². The van der Waals surface area contributed by atoms with Crippen LogP contribution in [0.15, 0.2) is 30.4 Å². The molecule has 176 valence electrons. The number of benzene rings is 2. The second kappa shape index (κ2) is 10.8. The van der Waals surface area contributed by atoms with Gasteiger partial charge in [-0.25, -0.2) is 0 Å². The van der Waals surface area contributed by atoms with Crippen molar-refractivity contribution in [3.8, 4) is 34.5 Å². The third-order valence-corrected chi connectivity index (χ3v) is 5.45. The summed E-state index contributed by atoms with van der Waals surface area (Å²) in [6.45, 7) is 1.44. The van der Waals surface area contributed by atoms with Crippen LogP contribution in [0.3, 0.4) is 0 Å².